The highest BCUT2D eigenvalue weighted by atomic mass is 32.2. The summed E-state index contributed by atoms with van der Waals surface area (Å²) in [5.41, 5.74) is 1.96. The summed E-state index contributed by atoms with van der Waals surface area (Å²) < 4.78 is 26.5. The average Bonchev–Trinajstić information content (AvgIpc) is 3.16. The number of nitrogens with one attached hydrogen (secondary N) is 1. The van der Waals surface area contributed by atoms with Crippen LogP contribution in [0.3, 0.4) is 0 Å². The monoisotopic (exact) mass is 373 g/mol. The number of hydrogen-bond acceptors (Lipinski definition) is 4. The summed E-state index contributed by atoms with van der Waals surface area (Å²) in [5, 5.41) is 2.77. The minimum absolute atomic E-state index is 0.114. The van der Waals surface area contributed by atoms with Gasteiger partial charge in [-0.1, -0.05) is 12.1 Å². The minimum atomic E-state index is -3.39. The van der Waals surface area contributed by atoms with Crippen molar-refractivity contribution in [2.75, 3.05) is 18.4 Å². The molecular weight excluding hydrogens is 350 g/mol. The first-order chi connectivity index (χ1) is 12.4. The topological polar surface area (TPSA) is 79.4 Å². The second-order valence-electron chi connectivity index (χ2n) is 6.52. The number of carbonyl (C=O) groups excluding carboxylic acids is 1. The lowest BCUT2D eigenvalue weighted by molar-refractivity contribution is -0.116. The second-order valence-corrected chi connectivity index (χ2v) is 8.46. The van der Waals surface area contributed by atoms with Crippen LogP contribution in [0.25, 0.3) is 0 Å². The van der Waals surface area contributed by atoms with Gasteiger partial charge in [0.15, 0.2) is 0 Å². The van der Waals surface area contributed by atoms with Gasteiger partial charge in [0, 0.05) is 25.7 Å². The lowest BCUT2D eigenvalue weighted by Crippen LogP contribution is -2.27. The van der Waals surface area contributed by atoms with Crippen molar-refractivity contribution in [1.29, 1.82) is 0 Å². The molecule has 0 aliphatic carbocycles. The third kappa shape index (κ3) is 4.47. The third-order valence-corrected chi connectivity index (χ3v) is 6.36. The molecule has 1 amide bonds. The van der Waals surface area contributed by atoms with Crippen molar-refractivity contribution in [3.05, 3.63) is 53.7 Å². The number of aromatic nitrogens is 1. The Labute approximate surface area is 154 Å². The van der Waals surface area contributed by atoms with E-state index in [0.717, 1.165) is 24.0 Å². The smallest absolute Gasteiger partial charge is 0.243 e. The van der Waals surface area contributed by atoms with Crippen LogP contribution in [0.4, 0.5) is 5.82 Å². The number of rotatable bonds is 6. The standard InChI is InChI=1S/C19H23N3O3S/c1-15-10-11-20-18(14-15)21-19(23)9-6-16-4-7-17(8-5-16)26(24,25)22-12-2-3-13-22/h4-5,7-8,10-11,14H,2-3,6,9,12-13H2,1H3,(H,20,21,23). The molecule has 2 heterocycles. The molecule has 3 rings (SSSR count). The largest absolute Gasteiger partial charge is 0.311 e. The van der Waals surface area contributed by atoms with Gasteiger partial charge in [0.25, 0.3) is 0 Å². The normalized spacial score (nSPS) is 15.1. The van der Waals surface area contributed by atoms with E-state index in [1.54, 1.807) is 30.5 Å². The van der Waals surface area contributed by atoms with E-state index in [9.17, 15) is 13.2 Å². The maximum Gasteiger partial charge on any atom is 0.243 e. The quantitative estimate of drug-likeness (QED) is 0.844. The van der Waals surface area contributed by atoms with Crippen molar-refractivity contribution in [2.45, 2.75) is 37.5 Å². The summed E-state index contributed by atoms with van der Waals surface area (Å²) in [6.45, 7) is 3.13. The fourth-order valence-corrected chi connectivity index (χ4v) is 4.49. The van der Waals surface area contributed by atoms with Crippen molar-refractivity contribution in [3.63, 3.8) is 0 Å². The molecule has 0 saturated carbocycles. The molecule has 0 atom stereocenters. The van der Waals surface area contributed by atoms with E-state index < -0.39 is 10.0 Å². The molecule has 1 aliphatic rings. The maximum atomic E-state index is 12.5. The summed E-state index contributed by atoms with van der Waals surface area (Å²) in [5.74, 6) is 0.430. The summed E-state index contributed by atoms with van der Waals surface area (Å²) in [6, 6.07) is 10.5. The van der Waals surface area contributed by atoms with Gasteiger partial charge in [-0.05, 0) is 61.6 Å². The molecule has 1 saturated heterocycles. The highest BCUT2D eigenvalue weighted by Crippen LogP contribution is 2.21. The molecule has 1 fully saturated rings. The number of sulfonamides is 1. The highest BCUT2D eigenvalue weighted by Gasteiger charge is 2.26. The molecule has 26 heavy (non-hydrogen) atoms. The van der Waals surface area contributed by atoms with Gasteiger partial charge in [0.05, 0.1) is 4.90 Å². The molecular formula is C19H23N3O3S. The number of carbonyl (C=O) groups is 1. The number of anilines is 1. The van der Waals surface area contributed by atoms with Gasteiger partial charge in [-0.2, -0.15) is 4.31 Å². The average molecular weight is 373 g/mol. The van der Waals surface area contributed by atoms with Gasteiger partial charge in [-0.15, -0.1) is 0 Å². The zero-order chi connectivity index (χ0) is 18.6. The van der Waals surface area contributed by atoms with Gasteiger partial charge >= 0.3 is 0 Å². The zero-order valence-electron chi connectivity index (χ0n) is 14.8. The van der Waals surface area contributed by atoms with Gasteiger partial charge in [0.1, 0.15) is 5.82 Å². The number of hydrogen-bond donors (Lipinski definition) is 1. The first-order valence-electron chi connectivity index (χ1n) is 8.77. The van der Waals surface area contributed by atoms with Crippen LogP contribution in [0.2, 0.25) is 0 Å². The summed E-state index contributed by atoms with van der Waals surface area (Å²) in [4.78, 5) is 16.5. The summed E-state index contributed by atoms with van der Waals surface area (Å²) in [7, 11) is -3.39. The van der Waals surface area contributed by atoms with Crippen LogP contribution in [0, 0.1) is 6.92 Å². The van der Waals surface area contributed by atoms with E-state index in [-0.39, 0.29) is 5.91 Å². The number of benzene rings is 1. The predicted octanol–water partition coefficient (Wildman–Crippen LogP) is 2.75. The number of amides is 1. The van der Waals surface area contributed by atoms with Crippen molar-refractivity contribution < 1.29 is 13.2 Å². The van der Waals surface area contributed by atoms with Crippen LogP contribution >= 0.6 is 0 Å². The Bertz CT molecular complexity index is 873. The molecule has 1 aliphatic heterocycles. The van der Waals surface area contributed by atoms with Gasteiger partial charge in [0.2, 0.25) is 15.9 Å². The van der Waals surface area contributed by atoms with E-state index in [2.05, 4.69) is 10.3 Å². The first-order valence-corrected chi connectivity index (χ1v) is 10.2. The van der Waals surface area contributed by atoms with E-state index in [0.29, 0.717) is 36.6 Å². The molecule has 2 aromatic rings. The second kappa shape index (κ2) is 7.97. The van der Waals surface area contributed by atoms with Crippen LogP contribution in [-0.4, -0.2) is 36.7 Å². The van der Waals surface area contributed by atoms with E-state index >= 15 is 0 Å². The Balaban J connectivity index is 1.56. The van der Waals surface area contributed by atoms with Crippen LogP contribution in [0.15, 0.2) is 47.5 Å². The molecule has 0 spiro atoms. The molecule has 1 N–H and O–H groups in total. The van der Waals surface area contributed by atoms with Crippen LogP contribution in [0.5, 0.6) is 0 Å². The SMILES string of the molecule is Cc1ccnc(NC(=O)CCc2ccc(S(=O)(=O)N3CCCC3)cc2)c1. The Hall–Kier alpha value is -2.25. The van der Waals surface area contributed by atoms with Crippen LogP contribution < -0.4 is 5.32 Å². The summed E-state index contributed by atoms with van der Waals surface area (Å²) >= 11 is 0. The zero-order valence-corrected chi connectivity index (χ0v) is 15.6. The lowest BCUT2D eigenvalue weighted by Gasteiger charge is -2.15. The highest BCUT2D eigenvalue weighted by molar-refractivity contribution is 7.89. The number of nitrogens with zero attached hydrogens (tertiary/aromatic N) is 2. The molecule has 1 aromatic heterocycles. The predicted molar refractivity (Wildman–Crippen MR) is 100 cm³/mol. The van der Waals surface area contributed by atoms with Crippen molar-refractivity contribution >= 4 is 21.7 Å². The van der Waals surface area contributed by atoms with Crippen LogP contribution in [-0.2, 0) is 21.2 Å². The molecule has 138 valence electrons. The molecule has 0 bridgehead atoms. The van der Waals surface area contributed by atoms with Gasteiger partial charge in [-0.25, -0.2) is 13.4 Å². The molecule has 0 radical (unpaired) electrons. The third-order valence-electron chi connectivity index (χ3n) is 4.45. The Morgan fingerprint density at radius 2 is 1.85 bits per heavy atom. The van der Waals surface area contributed by atoms with Crippen molar-refractivity contribution in [1.82, 2.24) is 9.29 Å². The van der Waals surface area contributed by atoms with Gasteiger partial charge < -0.3 is 5.32 Å². The van der Waals surface area contributed by atoms with E-state index in [1.165, 1.54) is 4.31 Å². The minimum Gasteiger partial charge on any atom is -0.311 e. The van der Waals surface area contributed by atoms with Crippen LogP contribution in [0.1, 0.15) is 30.4 Å². The Morgan fingerprint density at radius 3 is 2.50 bits per heavy atom. The Kier molecular flexibility index (Phi) is 5.68. The lowest BCUT2D eigenvalue weighted by atomic mass is 10.1. The molecule has 1 aromatic carbocycles. The fourth-order valence-electron chi connectivity index (χ4n) is 2.97. The molecule has 6 nitrogen and oxygen atoms in total. The first kappa shape index (κ1) is 18.5. The van der Waals surface area contributed by atoms with E-state index in [4.69, 9.17) is 0 Å². The number of pyridine rings is 1. The summed E-state index contributed by atoms with van der Waals surface area (Å²) in [6.07, 6.45) is 4.35. The van der Waals surface area contributed by atoms with Crippen molar-refractivity contribution in [2.24, 2.45) is 0 Å². The molecule has 0 unspecified atom stereocenters. The fraction of sp³-hybridized carbons (Fsp3) is 0.368. The maximum absolute atomic E-state index is 12.5. The number of aryl methyl sites for hydroxylation is 2. The molecule has 7 heteroatoms. The Morgan fingerprint density at radius 1 is 1.15 bits per heavy atom. The van der Waals surface area contributed by atoms with E-state index in [1.807, 2.05) is 19.1 Å². The van der Waals surface area contributed by atoms with Crippen molar-refractivity contribution in [3.8, 4) is 0 Å². The van der Waals surface area contributed by atoms with Gasteiger partial charge in [-0.3, -0.25) is 4.79 Å².